The maximum atomic E-state index is 12.6. The summed E-state index contributed by atoms with van der Waals surface area (Å²) in [7, 11) is 1.56. The van der Waals surface area contributed by atoms with Gasteiger partial charge in [0.25, 0.3) is 5.56 Å². The fourth-order valence-electron chi connectivity index (χ4n) is 2.65. The normalized spacial score (nSPS) is 11.0. The highest BCUT2D eigenvalue weighted by Gasteiger charge is 2.21. The van der Waals surface area contributed by atoms with Gasteiger partial charge in [-0.1, -0.05) is 18.2 Å². The third-order valence-electron chi connectivity index (χ3n) is 3.55. The molecule has 6 nitrogen and oxygen atoms in total. The molecule has 1 aromatic carbocycles. The lowest BCUT2D eigenvalue weighted by molar-refractivity contribution is -0.131. The summed E-state index contributed by atoms with van der Waals surface area (Å²) in [4.78, 5) is 24.1. The minimum Gasteiger partial charge on any atom is -0.461 e. The standard InChI is InChI=1S/C17H16N2O4/c1-9-8-12-6-5-7-13(16(12)22-9)14-15(23-11(3)20)10(2)18-19(4)17(14)21/h5-8H,1-4H3. The molecule has 0 saturated heterocycles. The van der Waals surface area contributed by atoms with Crippen LogP contribution in [0.2, 0.25) is 0 Å². The number of nitrogens with zero attached hydrogens (tertiary/aromatic N) is 2. The van der Waals surface area contributed by atoms with E-state index in [9.17, 15) is 9.59 Å². The highest BCUT2D eigenvalue weighted by molar-refractivity contribution is 5.94. The van der Waals surface area contributed by atoms with Crippen LogP contribution < -0.4 is 10.3 Å². The number of rotatable bonds is 2. The van der Waals surface area contributed by atoms with E-state index < -0.39 is 5.97 Å². The largest absolute Gasteiger partial charge is 0.461 e. The van der Waals surface area contributed by atoms with Crippen molar-refractivity contribution in [1.29, 1.82) is 0 Å². The van der Waals surface area contributed by atoms with Crippen LogP contribution in [0, 0.1) is 13.8 Å². The van der Waals surface area contributed by atoms with Gasteiger partial charge in [0, 0.05) is 24.9 Å². The summed E-state index contributed by atoms with van der Waals surface area (Å²) in [5.41, 5.74) is 1.54. The van der Waals surface area contributed by atoms with E-state index >= 15 is 0 Å². The number of esters is 1. The molecule has 0 aliphatic rings. The van der Waals surface area contributed by atoms with Gasteiger partial charge in [-0.3, -0.25) is 9.59 Å². The van der Waals surface area contributed by atoms with Crippen molar-refractivity contribution in [2.45, 2.75) is 20.8 Å². The SMILES string of the molecule is CC(=O)Oc1c(C)nn(C)c(=O)c1-c1cccc2cc(C)oc12. The Bertz CT molecular complexity index is 982. The Balaban J connectivity index is 2.42. The fraction of sp³-hybridized carbons (Fsp3) is 0.235. The van der Waals surface area contributed by atoms with E-state index in [1.54, 1.807) is 20.0 Å². The molecule has 0 amide bonds. The third-order valence-corrected chi connectivity index (χ3v) is 3.55. The molecule has 0 atom stereocenters. The van der Waals surface area contributed by atoms with E-state index in [4.69, 9.17) is 9.15 Å². The van der Waals surface area contributed by atoms with Crippen molar-refractivity contribution in [2.75, 3.05) is 0 Å². The highest BCUT2D eigenvalue weighted by atomic mass is 16.5. The van der Waals surface area contributed by atoms with Gasteiger partial charge in [0.15, 0.2) is 5.75 Å². The van der Waals surface area contributed by atoms with Gasteiger partial charge in [-0.2, -0.15) is 5.10 Å². The molecule has 0 bridgehead atoms. The van der Waals surface area contributed by atoms with Crippen LogP contribution in [-0.2, 0) is 11.8 Å². The average molecular weight is 312 g/mol. The first-order chi connectivity index (χ1) is 10.9. The first-order valence-electron chi connectivity index (χ1n) is 7.14. The molecule has 0 radical (unpaired) electrons. The van der Waals surface area contributed by atoms with Crippen molar-refractivity contribution in [3.8, 4) is 16.9 Å². The van der Waals surface area contributed by atoms with Crippen molar-refractivity contribution in [3.63, 3.8) is 0 Å². The molecule has 2 heterocycles. The highest BCUT2D eigenvalue weighted by Crippen LogP contribution is 2.35. The second kappa shape index (κ2) is 5.39. The van der Waals surface area contributed by atoms with Crippen LogP contribution in [0.4, 0.5) is 0 Å². The Hall–Kier alpha value is -2.89. The van der Waals surface area contributed by atoms with Gasteiger partial charge in [-0.05, 0) is 19.9 Å². The topological polar surface area (TPSA) is 74.3 Å². The van der Waals surface area contributed by atoms with Gasteiger partial charge >= 0.3 is 5.97 Å². The smallest absolute Gasteiger partial charge is 0.308 e. The van der Waals surface area contributed by atoms with E-state index in [-0.39, 0.29) is 16.9 Å². The van der Waals surface area contributed by atoms with E-state index in [1.807, 2.05) is 25.1 Å². The van der Waals surface area contributed by atoms with Gasteiger partial charge in [-0.25, -0.2) is 4.68 Å². The van der Waals surface area contributed by atoms with Crippen LogP contribution in [-0.4, -0.2) is 15.7 Å². The quantitative estimate of drug-likeness (QED) is 0.680. The van der Waals surface area contributed by atoms with Crippen molar-refractivity contribution in [1.82, 2.24) is 9.78 Å². The summed E-state index contributed by atoms with van der Waals surface area (Å²) in [6.45, 7) is 4.82. The molecule has 118 valence electrons. The summed E-state index contributed by atoms with van der Waals surface area (Å²) in [5, 5.41) is 4.97. The molecule has 0 N–H and O–H groups in total. The molecule has 3 rings (SSSR count). The van der Waals surface area contributed by atoms with Crippen molar-refractivity contribution in [3.05, 3.63) is 46.1 Å². The average Bonchev–Trinajstić information content (AvgIpc) is 2.85. The van der Waals surface area contributed by atoms with Crippen molar-refractivity contribution >= 4 is 16.9 Å². The lowest BCUT2D eigenvalue weighted by Gasteiger charge is -2.12. The van der Waals surface area contributed by atoms with Gasteiger partial charge in [-0.15, -0.1) is 0 Å². The van der Waals surface area contributed by atoms with Crippen molar-refractivity contribution in [2.24, 2.45) is 7.05 Å². The number of carbonyl (C=O) groups is 1. The van der Waals surface area contributed by atoms with Crippen LogP contribution in [0.15, 0.2) is 33.5 Å². The zero-order chi connectivity index (χ0) is 16.7. The first-order valence-corrected chi connectivity index (χ1v) is 7.14. The number of carbonyl (C=O) groups excluding carboxylic acids is 1. The molecule has 0 saturated carbocycles. The minimum absolute atomic E-state index is 0.169. The predicted molar refractivity (Wildman–Crippen MR) is 85.5 cm³/mol. The van der Waals surface area contributed by atoms with E-state index in [2.05, 4.69) is 5.10 Å². The van der Waals surface area contributed by atoms with Crippen LogP contribution in [0.5, 0.6) is 5.75 Å². The molecule has 2 aromatic heterocycles. The van der Waals surface area contributed by atoms with Gasteiger partial charge < -0.3 is 9.15 Å². The molecule has 6 heteroatoms. The summed E-state index contributed by atoms with van der Waals surface area (Å²) in [5.74, 6) is 0.401. The van der Waals surface area contributed by atoms with E-state index in [0.717, 1.165) is 11.1 Å². The third kappa shape index (κ3) is 2.52. The van der Waals surface area contributed by atoms with Gasteiger partial charge in [0.2, 0.25) is 0 Å². The van der Waals surface area contributed by atoms with Crippen LogP contribution in [0.1, 0.15) is 18.4 Å². The molecule has 23 heavy (non-hydrogen) atoms. The summed E-state index contributed by atoms with van der Waals surface area (Å²) < 4.78 is 12.2. The zero-order valence-electron chi connectivity index (χ0n) is 13.3. The second-order valence-electron chi connectivity index (χ2n) is 5.39. The Morgan fingerprint density at radius 2 is 2.04 bits per heavy atom. The number of aromatic nitrogens is 2. The van der Waals surface area contributed by atoms with Gasteiger partial charge in [0.05, 0.1) is 5.56 Å². The number of aryl methyl sites for hydroxylation is 3. The Labute approximate surface area is 132 Å². The van der Waals surface area contributed by atoms with Gasteiger partial charge in [0.1, 0.15) is 17.0 Å². The molecule has 0 spiro atoms. The lowest BCUT2D eigenvalue weighted by atomic mass is 10.0. The minimum atomic E-state index is -0.507. The Kier molecular flexibility index (Phi) is 3.52. The fourth-order valence-corrected chi connectivity index (χ4v) is 2.65. The van der Waals surface area contributed by atoms with Crippen LogP contribution >= 0.6 is 0 Å². The molecular weight excluding hydrogens is 296 g/mol. The molecule has 3 aromatic rings. The molecule has 0 fully saturated rings. The number of ether oxygens (including phenoxy) is 1. The number of hydrogen-bond donors (Lipinski definition) is 0. The van der Waals surface area contributed by atoms with Crippen molar-refractivity contribution < 1.29 is 13.9 Å². The first kappa shape index (κ1) is 15.0. The number of para-hydroxylation sites is 1. The van der Waals surface area contributed by atoms with E-state index in [0.29, 0.717) is 16.8 Å². The number of furan rings is 1. The second-order valence-corrected chi connectivity index (χ2v) is 5.39. The monoisotopic (exact) mass is 312 g/mol. The maximum absolute atomic E-state index is 12.6. The summed E-state index contributed by atoms with van der Waals surface area (Å²) >= 11 is 0. The van der Waals surface area contributed by atoms with Crippen LogP contribution in [0.3, 0.4) is 0 Å². The number of fused-ring (bicyclic) bond motifs is 1. The zero-order valence-corrected chi connectivity index (χ0v) is 13.3. The summed E-state index contributed by atoms with van der Waals surface area (Å²) in [6, 6.07) is 7.40. The molecule has 0 aliphatic carbocycles. The van der Waals surface area contributed by atoms with E-state index in [1.165, 1.54) is 11.6 Å². The maximum Gasteiger partial charge on any atom is 0.308 e. The molecule has 0 aliphatic heterocycles. The van der Waals surface area contributed by atoms with Crippen LogP contribution in [0.25, 0.3) is 22.1 Å². The summed E-state index contributed by atoms with van der Waals surface area (Å²) in [6.07, 6.45) is 0. The Morgan fingerprint density at radius 3 is 2.74 bits per heavy atom. The number of benzene rings is 1. The predicted octanol–water partition coefficient (Wildman–Crippen LogP) is 2.74. The number of hydrogen-bond acceptors (Lipinski definition) is 5. The molecular formula is C17H16N2O4. The molecule has 0 unspecified atom stereocenters. The lowest BCUT2D eigenvalue weighted by Crippen LogP contribution is -2.24. The Morgan fingerprint density at radius 1 is 1.30 bits per heavy atom.